The molecule has 9 rings (SSSR count). The van der Waals surface area contributed by atoms with Crippen LogP contribution in [0.2, 0.25) is 5.02 Å². The number of hydrogen-bond donors (Lipinski definition) is 0. The van der Waals surface area contributed by atoms with E-state index >= 15 is 0 Å². The Hall–Kier alpha value is -5.29. The van der Waals surface area contributed by atoms with Crippen LogP contribution in [0.5, 0.6) is 0 Å². The summed E-state index contributed by atoms with van der Waals surface area (Å²) in [5, 5.41) is 5.20. The molecule has 0 N–H and O–H groups in total. The molecule has 0 bridgehead atoms. The van der Waals surface area contributed by atoms with Gasteiger partial charge in [0.05, 0.1) is 33.5 Å². The summed E-state index contributed by atoms with van der Waals surface area (Å²) in [5.74, 6) is 0. The molecular formula is C42H26BrClN2O. The minimum Gasteiger partial charge on any atom is -0.456 e. The average molecular weight is 690 g/mol. The van der Waals surface area contributed by atoms with Crippen LogP contribution in [0.1, 0.15) is 0 Å². The molecule has 0 atom stereocenters. The van der Waals surface area contributed by atoms with Crippen LogP contribution in [0.4, 0.5) is 17.1 Å². The highest BCUT2D eigenvalue weighted by atomic mass is 79.9. The molecule has 9 aromatic rings. The van der Waals surface area contributed by atoms with Crippen LogP contribution in [0.15, 0.2) is 167 Å². The first-order valence-electron chi connectivity index (χ1n) is 15.5. The summed E-state index contributed by atoms with van der Waals surface area (Å²) < 4.78 is 9.95. The molecule has 0 aliphatic heterocycles. The van der Waals surface area contributed by atoms with Crippen molar-refractivity contribution in [2.75, 3.05) is 4.90 Å². The average Bonchev–Trinajstić information content (AvgIpc) is 3.64. The van der Waals surface area contributed by atoms with Gasteiger partial charge >= 0.3 is 0 Å². The van der Waals surface area contributed by atoms with Crippen LogP contribution in [0.25, 0.3) is 60.6 Å². The van der Waals surface area contributed by atoms with E-state index in [1.807, 2.05) is 30.3 Å². The summed E-state index contributed by atoms with van der Waals surface area (Å²) in [5.41, 5.74) is 10.1. The van der Waals surface area contributed by atoms with Crippen molar-refractivity contribution in [1.29, 1.82) is 0 Å². The molecule has 2 heterocycles. The van der Waals surface area contributed by atoms with Crippen molar-refractivity contribution < 1.29 is 4.42 Å². The Bertz CT molecular complexity index is 2550. The summed E-state index contributed by atoms with van der Waals surface area (Å²) >= 11 is 10.5. The molecule has 0 spiro atoms. The maximum absolute atomic E-state index is 6.74. The molecule has 0 saturated heterocycles. The smallest absolute Gasteiger partial charge is 0.139 e. The lowest BCUT2D eigenvalue weighted by molar-refractivity contribution is 0.669. The van der Waals surface area contributed by atoms with Gasteiger partial charge in [0.2, 0.25) is 0 Å². The Morgan fingerprint density at radius 3 is 1.91 bits per heavy atom. The zero-order valence-corrected chi connectivity index (χ0v) is 27.4. The van der Waals surface area contributed by atoms with Gasteiger partial charge in [0.1, 0.15) is 11.2 Å². The number of anilines is 3. The van der Waals surface area contributed by atoms with Gasteiger partial charge in [0.15, 0.2) is 0 Å². The van der Waals surface area contributed by atoms with E-state index in [0.717, 1.165) is 71.3 Å². The van der Waals surface area contributed by atoms with Crippen LogP contribution in [0.3, 0.4) is 0 Å². The zero-order chi connectivity index (χ0) is 31.5. The Kier molecular flexibility index (Phi) is 6.67. The maximum Gasteiger partial charge on any atom is 0.139 e. The van der Waals surface area contributed by atoms with E-state index in [1.54, 1.807) is 0 Å². The van der Waals surface area contributed by atoms with Gasteiger partial charge in [0, 0.05) is 43.0 Å². The first kappa shape index (κ1) is 28.0. The van der Waals surface area contributed by atoms with Crippen molar-refractivity contribution >= 4 is 88.3 Å². The fourth-order valence-electron chi connectivity index (χ4n) is 6.93. The van der Waals surface area contributed by atoms with Crippen LogP contribution in [-0.4, -0.2) is 4.57 Å². The summed E-state index contributed by atoms with van der Waals surface area (Å²) in [4.78, 5) is 2.28. The molecule has 0 fully saturated rings. The number of nitrogens with zero attached hydrogens (tertiary/aromatic N) is 2. The highest BCUT2D eigenvalue weighted by Gasteiger charge is 2.24. The summed E-state index contributed by atoms with van der Waals surface area (Å²) in [7, 11) is 0. The number of benzene rings is 7. The number of rotatable bonds is 5. The normalized spacial score (nSPS) is 11.6. The molecule has 0 aliphatic rings. The predicted octanol–water partition coefficient (Wildman–Crippen LogP) is 13.2. The number of aromatic nitrogens is 1. The number of para-hydroxylation sites is 4. The van der Waals surface area contributed by atoms with Gasteiger partial charge < -0.3 is 13.9 Å². The Labute approximate surface area is 285 Å². The Balaban J connectivity index is 1.42. The topological polar surface area (TPSA) is 21.3 Å². The fraction of sp³-hybridized carbons (Fsp3) is 0. The molecule has 0 amide bonds. The van der Waals surface area contributed by atoms with E-state index in [-0.39, 0.29) is 0 Å². The second kappa shape index (κ2) is 11.2. The van der Waals surface area contributed by atoms with E-state index in [4.69, 9.17) is 16.0 Å². The van der Waals surface area contributed by atoms with Crippen molar-refractivity contribution in [3.05, 3.63) is 167 Å². The van der Waals surface area contributed by atoms with Crippen LogP contribution < -0.4 is 4.90 Å². The van der Waals surface area contributed by atoms with Crippen LogP contribution in [0, 0.1) is 0 Å². The number of hydrogen-bond acceptors (Lipinski definition) is 2. The lowest BCUT2D eigenvalue weighted by atomic mass is 10.0. The van der Waals surface area contributed by atoms with Gasteiger partial charge in [-0.3, -0.25) is 0 Å². The highest BCUT2D eigenvalue weighted by molar-refractivity contribution is 9.10. The first-order chi connectivity index (χ1) is 23.1. The molecule has 47 heavy (non-hydrogen) atoms. The SMILES string of the molecule is Clc1cc(Br)cc(N(c2cc(-n3c4ccccc4c4ccccc43)c3c(c2)oc2ccccc23)c2ccccc2-c2ccccc2)c1. The van der Waals surface area contributed by atoms with E-state index in [2.05, 4.69) is 153 Å². The predicted molar refractivity (Wildman–Crippen MR) is 201 cm³/mol. The molecule has 0 unspecified atom stereocenters. The minimum absolute atomic E-state index is 0.643. The molecule has 7 aromatic carbocycles. The third-order valence-electron chi connectivity index (χ3n) is 8.86. The van der Waals surface area contributed by atoms with Gasteiger partial charge in [-0.05, 0) is 54.1 Å². The van der Waals surface area contributed by atoms with Crippen molar-refractivity contribution in [2.45, 2.75) is 0 Å². The minimum atomic E-state index is 0.643. The van der Waals surface area contributed by atoms with E-state index in [0.29, 0.717) is 5.02 Å². The summed E-state index contributed by atoms with van der Waals surface area (Å²) in [6.45, 7) is 0. The van der Waals surface area contributed by atoms with Crippen molar-refractivity contribution in [3.8, 4) is 16.8 Å². The van der Waals surface area contributed by atoms with Crippen LogP contribution >= 0.6 is 27.5 Å². The fourth-order valence-corrected chi connectivity index (χ4v) is 7.77. The standard InChI is InChI=1S/C42H26BrClN2O/c43-28-22-29(44)24-30(23-28)45(36-18-8-4-14-32(36)27-12-2-1-3-13-27)31-25-39(42-35-17-7-11-21-40(35)47-41(42)26-31)46-37-19-9-5-15-33(37)34-16-6-10-20-38(34)46/h1-26H. The van der Waals surface area contributed by atoms with E-state index in [9.17, 15) is 0 Å². The molecule has 224 valence electrons. The molecule has 5 heteroatoms. The second-order valence-corrected chi connectivity index (χ2v) is 13.0. The van der Waals surface area contributed by atoms with E-state index < -0.39 is 0 Å². The summed E-state index contributed by atoms with van der Waals surface area (Å²) in [6, 6.07) is 55.0. The molecule has 3 nitrogen and oxygen atoms in total. The lowest BCUT2D eigenvalue weighted by Crippen LogP contribution is -2.12. The van der Waals surface area contributed by atoms with E-state index in [1.165, 1.54) is 10.8 Å². The van der Waals surface area contributed by atoms with Gasteiger partial charge in [-0.15, -0.1) is 0 Å². The monoisotopic (exact) mass is 688 g/mol. The highest BCUT2D eigenvalue weighted by Crippen LogP contribution is 2.46. The van der Waals surface area contributed by atoms with Crippen molar-refractivity contribution in [2.24, 2.45) is 0 Å². The van der Waals surface area contributed by atoms with Gasteiger partial charge in [-0.1, -0.05) is 131 Å². The molecular weight excluding hydrogens is 664 g/mol. The van der Waals surface area contributed by atoms with Gasteiger partial charge in [-0.25, -0.2) is 0 Å². The lowest BCUT2D eigenvalue weighted by Gasteiger charge is -2.29. The first-order valence-corrected chi connectivity index (χ1v) is 16.7. The Morgan fingerprint density at radius 1 is 0.553 bits per heavy atom. The quantitative estimate of drug-likeness (QED) is 0.179. The molecule has 2 aromatic heterocycles. The van der Waals surface area contributed by atoms with Gasteiger partial charge in [0.25, 0.3) is 0 Å². The molecule has 0 radical (unpaired) electrons. The molecule has 0 aliphatic carbocycles. The number of halogens is 2. The van der Waals surface area contributed by atoms with Crippen molar-refractivity contribution in [3.63, 3.8) is 0 Å². The van der Waals surface area contributed by atoms with Crippen molar-refractivity contribution in [1.82, 2.24) is 4.57 Å². The Morgan fingerprint density at radius 2 is 1.17 bits per heavy atom. The van der Waals surface area contributed by atoms with Crippen LogP contribution in [-0.2, 0) is 0 Å². The third-order valence-corrected chi connectivity index (χ3v) is 9.53. The molecule has 0 saturated carbocycles. The summed E-state index contributed by atoms with van der Waals surface area (Å²) in [6.07, 6.45) is 0. The zero-order valence-electron chi connectivity index (χ0n) is 25.1. The number of furan rings is 1. The second-order valence-electron chi connectivity index (χ2n) is 11.7. The maximum atomic E-state index is 6.74. The third kappa shape index (κ3) is 4.64. The largest absolute Gasteiger partial charge is 0.456 e. The number of fused-ring (bicyclic) bond motifs is 6. The van der Waals surface area contributed by atoms with Gasteiger partial charge in [-0.2, -0.15) is 0 Å².